The minimum Gasteiger partial charge on any atom is -0.481 e. The molecule has 0 saturated carbocycles. The van der Waals surface area contributed by atoms with Crippen molar-refractivity contribution in [2.45, 2.75) is 38.6 Å². The number of hydrogen-bond acceptors (Lipinski definition) is 2. The molecule has 0 radical (unpaired) electrons. The predicted molar refractivity (Wildman–Crippen MR) is 90.9 cm³/mol. The van der Waals surface area contributed by atoms with Gasteiger partial charge in [-0.05, 0) is 44.7 Å². The van der Waals surface area contributed by atoms with Crippen LogP contribution in [0, 0.1) is 12.3 Å². The molecule has 114 valence electrons. The first-order chi connectivity index (χ1) is 9.90. The zero-order chi connectivity index (χ0) is 14.0. The first-order valence-corrected chi connectivity index (χ1v) is 7.43. The van der Waals surface area contributed by atoms with Gasteiger partial charge in [0.15, 0.2) is 0 Å². The van der Waals surface area contributed by atoms with E-state index in [1.54, 1.807) is 5.57 Å². The number of para-hydroxylation sites is 1. The molecule has 1 aromatic rings. The molecule has 0 spiro atoms. The van der Waals surface area contributed by atoms with Gasteiger partial charge in [0.2, 0.25) is 0 Å². The molecule has 1 aliphatic rings. The molecule has 2 rings (SSSR count). The maximum atomic E-state index is 5.55. The molecule has 3 heteroatoms. The Kier molecular flexibility index (Phi) is 8.66. The number of allylic oxidation sites excluding steroid dienone is 1. The number of benzene rings is 1. The quantitative estimate of drug-likeness (QED) is 0.465. The van der Waals surface area contributed by atoms with Crippen LogP contribution in [-0.2, 0) is 6.54 Å². The Hall–Kier alpha value is -1.43. The van der Waals surface area contributed by atoms with Crippen LogP contribution in [0.15, 0.2) is 35.9 Å². The lowest BCUT2D eigenvalue weighted by Gasteiger charge is -2.14. The lowest BCUT2D eigenvalue weighted by atomic mass is 9.97. The van der Waals surface area contributed by atoms with E-state index in [2.05, 4.69) is 23.4 Å². The minimum atomic E-state index is 0. The summed E-state index contributed by atoms with van der Waals surface area (Å²) in [6.45, 7) is 2.17. The van der Waals surface area contributed by atoms with Crippen molar-refractivity contribution in [3.05, 3.63) is 41.5 Å². The van der Waals surface area contributed by atoms with Crippen molar-refractivity contribution in [1.29, 1.82) is 0 Å². The number of hydrogen-bond donors (Lipinski definition) is 1. The molecule has 0 unspecified atom stereocenters. The fraction of sp³-hybridized carbons (Fsp3) is 0.444. The van der Waals surface area contributed by atoms with Gasteiger partial charge in [-0.15, -0.1) is 18.8 Å². The van der Waals surface area contributed by atoms with Crippen molar-refractivity contribution in [3.8, 4) is 18.1 Å². The molecule has 0 saturated heterocycles. The third-order valence-electron chi connectivity index (χ3n) is 3.61. The Morgan fingerprint density at radius 2 is 2.10 bits per heavy atom. The van der Waals surface area contributed by atoms with Gasteiger partial charge in [-0.1, -0.05) is 35.8 Å². The molecule has 1 aromatic carbocycles. The molecular weight excluding hydrogens is 282 g/mol. The second-order valence-electron chi connectivity index (χ2n) is 5.14. The Labute approximate surface area is 134 Å². The maximum Gasteiger partial charge on any atom is 0.148 e. The zero-order valence-electron chi connectivity index (χ0n) is 12.4. The summed E-state index contributed by atoms with van der Waals surface area (Å²) in [7, 11) is 0. The van der Waals surface area contributed by atoms with Crippen LogP contribution in [0.4, 0.5) is 0 Å². The highest BCUT2D eigenvalue weighted by atomic mass is 35.5. The van der Waals surface area contributed by atoms with Crippen molar-refractivity contribution in [2.75, 3.05) is 13.2 Å². The summed E-state index contributed by atoms with van der Waals surface area (Å²) in [6.07, 6.45) is 14.1. The Morgan fingerprint density at radius 1 is 1.24 bits per heavy atom. The molecule has 0 aliphatic heterocycles. The number of ether oxygens (including phenoxy) is 1. The summed E-state index contributed by atoms with van der Waals surface area (Å²) < 4.78 is 5.55. The SMILES string of the molecule is C#CCOc1ccccc1CNCCC1=CCCCC1.Cl. The third-order valence-corrected chi connectivity index (χ3v) is 3.61. The van der Waals surface area contributed by atoms with Crippen LogP contribution in [0.3, 0.4) is 0 Å². The standard InChI is InChI=1S/C18H23NO.ClH/c1-2-14-20-18-11-7-6-10-17(18)15-19-13-12-16-8-4-3-5-9-16;/h1,6-8,10-11,19H,3-5,9,12-15H2;1H. The summed E-state index contributed by atoms with van der Waals surface area (Å²) in [4.78, 5) is 0. The van der Waals surface area contributed by atoms with Gasteiger partial charge in [-0.3, -0.25) is 0 Å². The van der Waals surface area contributed by atoms with Crippen LogP contribution in [-0.4, -0.2) is 13.2 Å². The van der Waals surface area contributed by atoms with Gasteiger partial charge in [0, 0.05) is 12.1 Å². The van der Waals surface area contributed by atoms with Crippen molar-refractivity contribution in [1.82, 2.24) is 5.32 Å². The van der Waals surface area contributed by atoms with Gasteiger partial charge in [-0.25, -0.2) is 0 Å². The smallest absolute Gasteiger partial charge is 0.148 e. The van der Waals surface area contributed by atoms with E-state index in [9.17, 15) is 0 Å². The van der Waals surface area contributed by atoms with Gasteiger partial charge >= 0.3 is 0 Å². The molecule has 2 nitrogen and oxygen atoms in total. The summed E-state index contributed by atoms with van der Waals surface area (Å²) in [5.41, 5.74) is 2.78. The largest absolute Gasteiger partial charge is 0.481 e. The lowest BCUT2D eigenvalue weighted by Crippen LogP contribution is -2.16. The summed E-state index contributed by atoms with van der Waals surface area (Å²) in [5, 5.41) is 3.49. The van der Waals surface area contributed by atoms with Crippen LogP contribution in [0.5, 0.6) is 5.75 Å². The minimum absolute atomic E-state index is 0. The molecular formula is C18H24ClNO. The van der Waals surface area contributed by atoms with Gasteiger partial charge in [0.25, 0.3) is 0 Å². The Balaban J connectivity index is 0.00000220. The number of nitrogens with one attached hydrogen (secondary N) is 1. The summed E-state index contributed by atoms with van der Waals surface area (Å²) in [5.74, 6) is 3.39. The van der Waals surface area contributed by atoms with Crippen molar-refractivity contribution < 1.29 is 4.74 Å². The maximum absolute atomic E-state index is 5.55. The highest BCUT2D eigenvalue weighted by Crippen LogP contribution is 2.20. The fourth-order valence-electron chi connectivity index (χ4n) is 2.51. The van der Waals surface area contributed by atoms with Crippen LogP contribution in [0.2, 0.25) is 0 Å². The zero-order valence-corrected chi connectivity index (χ0v) is 13.3. The van der Waals surface area contributed by atoms with Crippen LogP contribution >= 0.6 is 12.4 Å². The molecule has 0 atom stereocenters. The molecule has 0 aromatic heterocycles. The monoisotopic (exact) mass is 305 g/mol. The molecule has 1 N–H and O–H groups in total. The average Bonchev–Trinajstić information content (AvgIpc) is 2.51. The fourth-order valence-corrected chi connectivity index (χ4v) is 2.51. The van der Waals surface area contributed by atoms with E-state index in [-0.39, 0.29) is 12.4 Å². The predicted octanol–water partition coefficient (Wildman–Crippen LogP) is 4.10. The highest BCUT2D eigenvalue weighted by Gasteiger charge is 2.04. The van der Waals surface area contributed by atoms with E-state index in [1.165, 1.54) is 31.2 Å². The van der Waals surface area contributed by atoms with Crippen molar-refractivity contribution in [3.63, 3.8) is 0 Å². The normalized spacial score (nSPS) is 13.8. The van der Waals surface area contributed by atoms with E-state index in [0.29, 0.717) is 6.61 Å². The lowest BCUT2D eigenvalue weighted by molar-refractivity contribution is 0.365. The average molecular weight is 306 g/mol. The molecule has 0 fully saturated rings. The van der Waals surface area contributed by atoms with E-state index >= 15 is 0 Å². The van der Waals surface area contributed by atoms with Gasteiger partial charge in [0.1, 0.15) is 12.4 Å². The summed E-state index contributed by atoms with van der Waals surface area (Å²) in [6, 6.07) is 8.06. The Morgan fingerprint density at radius 3 is 2.86 bits per heavy atom. The van der Waals surface area contributed by atoms with Gasteiger partial charge in [0.05, 0.1) is 0 Å². The van der Waals surface area contributed by atoms with E-state index in [4.69, 9.17) is 11.2 Å². The molecule has 21 heavy (non-hydrogen) atoms. The van der Waals surface area contributed by atoms with E-state index in [1.807, 2.05) is 18.2 Å². The molecule has 0 amide bonds. The first-order valence-electron chi connectivity index (χ1n) is 7.43. The topological polar surface area (TPSA) is 21.3 Å². The van der Waals surface area contributed by atoms with Crippen LogP contribution < -0.4 is 10.1 Å². The highest BCUT2D eigenvalue weighted by molar-refractivity contribution is 5.85. The second kappa shape index (κ2) is 10.3. The van der Waals surface area contributed by atoms with E-state index < -0.39 is 0 Å². The van der Waals surface area contributed by atoms with Crippen molar-refractivity contribution in [2.24, 2.45) is 0 Å². The number of halogens is 1. The Bertz CT molecular complexity index is 490. The number of rotatable bonds is 7. The van der Waals surface area contributed by atoms with Crippen molar-refractivity contribution >= 4 is 12.4 Å². The molecule has 0 bridgehead atoms. The van der Waals surface area contributed by atoms with E-state index in [0.717, 1.165) is 25.3 Å². The van der Waals surface area contributed by atoms with Crippen LogP contribution in [0.1, 0.15) is 37.7 Å². The third kappa shape index (κ3) is 6.25. The van der Waals surface area contributed by atoms with Crippen LogP contribution in [0.25, 0.3) is 0 Å². The van der Waals surface area contributed by atoms with Gasteiger partial charge in [-0.2, -0.15) is 0 Å². The summed E-state index contributed by atoms with van der Waals surface area (Å²) >= 11 is 0. The van der Waals surface area contributed by atoms with Gasteiger partial charge < -0.3 is 10.1 Å². The molecule has 1 aliphatic carbocycles. The first kappa shape index (κ1) is 17.6. The second-order valence-corrected chi connectivity index (χ2v) is 5.14. The molecule has 0 heterocycles. The number of terminal acetylenes is 1.